The Morgan fingerprint density at radius 1 is 1.40 bits per heavy atom. The zero-order chi connectivity index (χ0) is 15.5. The Morgan fingerprint density at radius 2 is 2.05 bits per heavy atom. The molecular weight excluding hydrogens is 262 g/mol. The molecule has 0 aliphatic heterocycles. The zero-order valence-electron chi connectivity index (χ0n) is 11.8. The number of aliphatic carboxylic acids is 1. The van der Waals surface area contributed by atoms with E-state index in [0.717, 1.165) is 11.3 Å². The van der Waals surface area contributed by atoms with Crippen molar-refractivity contribution >= 4 is 17.9 Å². The van der Waals surface area contributed by atoms with Crippen LogP contribution < -0.4 is 10.6 Å². The molecule has 0 aromatic rings. The summed E-state index contributed by atoms with van der Waals surface area (Å²) in [5, 5.41) is 13.9. The molecule has 0 aliphatic carbocycles. The number of urea groups is 1. The fourth-order valence-electron chi connectivity index (χ4n) is 1.32. The second-order valence-corrected chi connectivity index (χ2v) is 4.31. The van der Waals surface area contributed by atoms with Gasteiger partial charge in [0.15, 0.2) is 0 Å². The molecule has 0 aromatic heterocycles. The number of rotatable bonds is 8. The van der Waals surface area contributed by atoms with Gasteiger partial charge in [-0.05, 0) is 13.3 Å². The van der Waals surface area contributed by atoms with Crippen LogP contribution in [0, 0.1) is 12.3 Å². The van der Waals surface area contributed by atoms with E-state index in [0.29, 0.717) is 0 Å². The topological polar surface area (TPSA) is 98.7 Å². The van der Waals surface area contributed by atoms with E-state index in [9.17, 15) is 14.4 Å². The van der Waals surface area contributed by atoms with Crippen LogP contribution in [0.2, 0.25) is 0 Å². The molecule has 1 unspecified atom stereocenters. The van der Waals surface area contributed by atoms with Gasteiger partial charge in [-0.3, -0.25) is 9.59 Å². The molecule has 0 bridgehead atoms. The molecule has 0 fully saturated rings. The maximum Gasteiger partial charge on any atom is 0.323 e. The van der Waals surface area contributed by atoms with Crippen LogP contribution in [-0.4, -0.2) is 53.6 Å². The van der Waals surface area contributed by atoms with Gasteiger partial charge in [0.2, 0.25) is 5.91 Å². The molecule has 0 saturated heterocycles. The maximum absolute atomic E-state index is 11.7. The molecule has 112 valence electrons. The number of carbonyl (C=O) groups excluding carboxylic acids is 2. The van der Waals surface area contributed by atoms with Crippen molar-refractivity contribution in [2.75, 3.05) is 19.6 Å². The van der Waals surface area contributed by atoms with Crippen molar-refractivity contribution in [3.63, 3.8) is 0 Å². The fourth-order valence-corrected chi connectivity index (χ4v) is 1.32. The summed E-state index contributed by atoms with van der Waals surface area (Å²) in [6, 6.07) is -0.509. The van der Waals surface area contributed by atoms with Crippen molar-refractivity contribution in [1.82, 2.24) is 15.5 Å². The molecule has 1 atom stereocenters. The molecule has 0 aromatic carbocycles. The summed E-state index contributed by atoms with van der Waals surface area (Å²) in [5.41, 5.74) is 0. The lowest BCUT2D eigenvalue weighted by Crippen LogP contribution is -2.44. The van der Waals surface area contributed by atoms with Crippen LogP contribution in [0.3, 0.4) is 0 Å². The van der Waals surface area contributed by atoms with Crippen molar-refractivity contribution in [2.24, 2.45) is 0 Å². The van der Waals surface area contributed by atoms with Crippen LogP contribution in [-0.2, 0) is 9.59 Å². The zero-order valence-corrected chi connectivity index (χ0v) is 11.8. The summed E-state index contributed by atoms with van der Waals surface area (Å²) >= 11 is 0. The normalized spacial score (nSPS) is 11.1. The molecule has 3 N–H and O–H groups in total. The first-order valence-corrected chi connectivity index (χ1v) is 6.38. The summed E-state index contributed by atoms with van der Waals surface area (Å²) in [4.78, 5) is 34.7. The fraction of sp³-hybridized carbons (Fsp3) is 0.615. The molecule has 0 saturated carbocycles. The molecule has 0 rings (SSSR count). The Morgan fingerprint density at radius 3 is 2.55 bits per heavy atom. The molecule has 0 spiro atoms. The minimum absolute atomic E-state index is 0.0863. The lowest BCUT2D eigenvalue weighted by molar-refractivity contribution is -0.137. The summed E-state index contributed by atoms with van der Waals surface area (Å²) in [5.74, 6) is 0.896. The average Bonchev–Trinajstić information content (AvgIpc) is 2.37. The molecule has 0 aliphatic rings. The van der Waals surface area contributed by atoms with Gasteiger partial charge in [-0.25, -0.2) is 4.79 Å². The Labute approximate surface area is 118 Å². The van der Waals surface area contributed by atoms with Gasteiger partial charge in [-0.1, -0.05) is 12.8 Å². The smallest absolute Gasteiger partial charge is 0.323 e. The van der Waals surface area contributed by atoms with Gasteiger partial charge in [0.25, 0.3) is 0 Å². The molecule has 0 heterocycles. The largest absolute Gasteiger partial charge is 0.480 e. The van der Waals surface area contributed by atoms with E-state index in [1.165, 1.54) is 0 Å². The highest BCUT2D eigenvalue weighted by molar-refractivity contribution is 5.81. The number of terminal acetylenes is 1. The molecule has 7 heteroatoms. The lowest BCUT2D eigenvalue weighted by atomic mass is 10.2. The third-order valence-corrected chi connectivity index (χ3v) is 2.54. The Balaban J connectivity index is 4.10. The number of hydrogen-bond acceptors (Lipinski definition) is 3. The predicted octanol–water partition coefficient (Wildman–Crippen LogP) is 0.0206. The quantitative estimate of drug-likeness (QED) is 0.547. The Hall–Kier alpha value is -2.23. The number of nitrogens with zero attached hydrogens (tertiary/aromatic N) is 1. The molecular formula is C13H21N3O4. The third-order valence-electron chi connectivity index (χ3n) is 2.54. The highest BCUT2D eigenvalue weighted by Gasteiger charge is 2.15. The lowest BCUT2D eigenvalue weighted by Gasteiger charge is -2.18. The molecule has 3 amide bonds. The van der Waals surface area contributed by atoms with Crippen LogP contribution >= 0.6 is 0 Å². The Bertz CT molecular complexity index is 390. The summed E-state index contributed by atoms with van der Waals surface area (Å²) in [6.07, 6.45) is 6.02. The van der Waals surface area contributed by atoms with Crippen molar-refractivity contribution in [1.29, 1.82) is 0 Å². The Kier molecular flexibility index (Phi) is 8.59. The predicted molar refractivity (Wildman–Crippen MR) is 74.0 cm³/mol. The van der Waals surface area contributed by atoms with Crippen molar-refractivity contribution in [2.45, 2.75) is 32.7 Å². The van der Waals surface area contributed by atoms with E-state index in [-0.39, 0.29) is 31.5 Å². The van der Waals surface area contributed by atoms with E-state index in [1.807, 2.05) is 13.8 Å². The monoisotopic (exact) mass is 283 g/mol. The first-order valence-electron chi connectivity index (χ1n) is 6.38. The van der Waals surface area contributed by atoms with E-state index in [4.69, 9.17) is 11.5 Å². The SMILES string of the molecule is C#CCN(CC(=O)O)C(=O)NCCC(=O)NC(C)CC. The minimum atomic E-state index is -1.15. The highest BCUT2D eigenvalue weighted by atomic mass is 16.4. The molecule has 20 heavy (non-hydrogen) atoms. The minimum Gasteiger partial charge on any atom is -0.480 e. The van der Waals surface area contributed by atoms with Crippen LogP contribution in [0.4, 0.5) is 4.79 Å². The van der Waals surface area contributed by atoms with Gasteiger partial charge in [0.1, 0.15) is 6.54 Å². The number of hydrogen-bond donors (Lipinski definition) is 3. The number of carboxylic acid groups (broad SMARTS) is 1. The first-order chi connectivity index (χ1) is 9.40. The summed E-state index contributed by atoms with van der Waals surface area (Å²) in [7, 11) is 0. The van der Waals surface area contributed by atoms with E-state index in [2.05, 4.69) is 16.6 Å². The van der Waals surface area contributed by atoms with Crippen LogP contribution in [0.5, 0.6) is 0 Å². The molecule has 0 radical (unpaired) electrons. The van der Waals surface area contributed by atoms with Crippen molar-refractivity contribution in [3.05, 3.63) is 0 Å². The average molecular weight is 283 g/mol. The highest BCUT2D eigenvalue weighted by Crippen LogP contribution is 1.91. The first kappa shape index (κ1) is 17.8. The van der Waals surface area contributed by atoms with E-state index in [1.54, 1.807) is 0 Å². The standard InChI is InChI=1S/C13H21N3O4/c1-4-8-16(9-12(18)19)13(20)14-7-6-11(17)15-10(3)5-2/h1,10H,5-9H2,2-3H3,(H,14,20)(H,15,17)(H,18,19). The third kappa shape index (κ3) is 7.97. The molecule has 7 nitrogen and oxygen atoms in total. The van der Waals surface area contributed by atoms with Gasteiger partial charge in [-0.15, -0.1) is 6.42 Å². The number of nitrogens with one attached hydrogen (secondary N) is 2. The van der Waals surface area contributed by atoms with Crippen LogP contribution in [0.25, 0.3) is 0 Å². The van der Waals surface area contributed by atoms with Gasteiger partial charge in [-0.2, -0.15) is 0 Å². The van der Waals surface area contributed by atoms with E-state index < -0.39 is 18.5 Å². The second-order valence-electron chi connectivity index (χ2n) is 4.31. The number of carboxylic acids is 1. The van der Waals surface area contributed by atoms with Crippen molar-refractivity contribution < 1.29 is 19.5 Å². The van der Waals surface area contributed by atoms with E-state index >= 15 is 0 Å². The van der Waals surface area contributed by atoms with Gasteiger partial charge >= 0.3 is 12.0 Å². The van der Waals surface area contributed by atoms with Crippen molar-refractivity contribution in [3.8, 4) is 12.3 Å². The second kappa shape index (κ2) is 9.67. The van der Waals surface area contributed by atoms with Crippen LogP contribution in [0.15, 0.2) is 0 Å². The van der Waals surface area contributed by atoms with Crippen LogP contribution in [0.1, 0.15) is 26.7 Å². The van der Waals surface area contributed by atoms with Gasteiger partial charge in [0.05, 0.1) is 6.54 Å². The summed E-state index contributed by atoms with van der Waals surface area (Å²) in [6.45, 7) is 3.39. The maximum atomic E-state index is 11.7. The number of carbonyl (C=O) groups is 3. The number of amides is 3. The summed E-state index contributed by atoms with van der Waals surface area (Å²) < 4.78 is 0. The van der Waals surface area contributed by atoms with Gasteiger partial charge < -0.3 is 20.6 Å². The van der Waals surface area contributed by atoms with Gasteiger partial charge in [0, 0.05) is 19.0 Å².